The molecule has 32 heavy (non-hydrogen) atoms. The molecule has 0 aliphatic carbocycles. The number of hydrogen-bond acceptors (Lipinski definition) is 5. The molecule has 3 rings (SSSR count). The van der Waals surface area contributed by atoms with E-state index < -0.39 is 16.1 Å². The predicted octanol–water partition coefficient (Wildman–Crippen LogP) is 3.02. The normalized spacial score (nSPS) is 15.5. The molecule has 2 amide bonds. The van der Waals surface area contributed by atoms with Crippen molar-refractivity contribution < 1.29 is 18.0 Å². The van der Waals surface area contributed by atoms with Gasteiger partial charge < -0.3 is 10.6 Å². The number of likely N-dealkylation sites (N-methyl/N-ethyl adjacent to an activating group) is 1. The Kier molecular flexibility index (Phi) is 7.89. The number of benzene rings is 2. The maximum absolute atomic E-state index is 12.6. The Bertz CT molecular complexity index is 1070. The highest BCUT2D eigenvalue weighted by Crippen LogP contribution is 2.23. The highest BCUT2D eigenvalue weighted by molar-refractivity contribution is 7.89. The molecule has 1 atom stereocenters. The lowest BCUT2D eigenvalue weighted by molar-refractivity contribution is -0.122. The molecule has 2 aromatic carbocycles. The molecule has 8 nitrogen and oxygen atoms in total. The Labute approximate surface area is 193 Å². The maximum atomic E-state index is 12.6. The predicted molar refractivity (Wildman–Crippen MR) is 125 cm³/mol. The van der Waals surface area contributed by atoms with Gasteiger partial charge in [-0.2, -0.15) is 4.31 Å². The molecule has 0 spiro atoms. The fourth-order valence-electron chi connectivity index (χ4n) is 3.35. The first-order chi connectivity index (χ1) is 15.2. The van der Waals surface area contributed by atoms with Crippen molar-refractivity contribution in [2.75, 3.05) is 37.3 Å². The fourth-order valence-corrected chi connectivity index (χ4v) is 5.05. The molecule has 1 aliphatic heterocycles. The van der Waals surface area contributed by atoms with E-state index in [0.29, 0.717) is 29.5 Å². The Morgan fingerprint density at radius 3 is 2.31 bits per heavy atom. The van der Waals surface area contributed by atoms with Crippen molar-refractivity contribution in [2.24, 2.45) is 0 Å². The number of nitrogens with one attached hydrogen (secondary N) is 2. The Morgan fingerprint density at radius 1 is 1.06 bits per heavy atom. The van der Waals surface area contributed by atoms with Crippen LogP contribution in [0.2, 0.25) is 5.02 Å². The van der Waals surface area contributed by atoms with Crippen molar-refractivity contribution in [3.8, 4) is 0 Å². The molecule has 1 saturated heterocycles. The van der Waals surface area contributed by atoms with Crippen LogP contribution in [0.3, 0.4) is 0 Å². The Hall–Kier alpha value is -2.46. The third kappa shape index (κ3) is 5.86. The monoisotopic (exact) mass is 478 g/mol. The molecule has 172 valence electrons. The SMILES string of the molecule is CC(C(=O)Nc1ccc(S(=O)(=O)N2CCCC2)cc1)N(C)CC(=O)Nc1ccccc1Cl. The largest absolute Gasteiger partial charge is 0.325 e. The number of nitrogens with zero attached hydrogens (tertiary/aromatic N) is 2. The van der Waals surface area contributed by atoms with Gasteiger partial charge in [0.05, 0.1) is 28.2 Å². The van der Waals surface area contributed by atoms with Gasteiger partial charge in [0.25, 0.3) is 0 Å². The van der Waals surface area contributed by atoms with Crippen LogP contribution in [-0.2, 0) is 19.6 Å². The van der Waals surface area contributed by atoms with Gasteiger partial charge in [-0.1, -0.05) is 23.7 Å². The van der Waals surface area contributed by atoms with E-state index in [0.717, 1.165) is 12.8 Å². The molecular weight excluding hydrogens is 452 g/mol. The minimum atomic E-state index is -3.50. The highest BCUT2D eigenvalue weighted by Gasteiger charge is 2.27. The van der Waals surface area contributed by atoms with Gasteiger partial charge in [-0.05, 0) is 63.2 Å². The first-order valence-corrected chi connectivity index (χ1v) is 12.2. The number of carbonyl (C=O) groups is 2. The van der Waals surface area contributed by atoms with Crippen molar-refractivity contribution in [3.63, 3.8) is 0 Å². The average molecular weight is 479 g/mol. The van der Waals surface area contributed by atoms with E-state index in [1.165, 1.54) is 16.4 Å². The van der Waals surface area contributed by atoms with Crippen LogP contribution in [0.1, 0.15) is 19.8 Å². The number of amides is 2. The van der Waals surface area contributed by atoms with Crippen LogP contribution in [-0.4, -0.2) is 62.2 Å². The summed E-state index contributed by atoms with van der Waals surface area (Å²) >= 11 is 6.05. The highest BCUT2D eigenvalue weighted by atomic mass is 35.5. The van der Waals surface area contributed by atoms with Crippen LogP contribution in [0.15, 0.2) is 53.4 Å². The summed E-state index contributed by atoms with van der Waals surface area (Å²) in [6, 6.07) is 12.4. The molecule has 1 aliphatic rings. The molecule has 0 radical (unpaired) electrons. The van der Waals surface area contributed by atoms with E-state index in [2.05, 4.69) is 10.6 Å². The van der Waals surface area contributed by atoms with Gasteiger partial charge >= 0.3 is 0 Å². The summed E-state index contributed by atoms with van der Waals surface area (Å²) in [6.45, 7) is 2.75. The van der Waals surface area contributed by atoms with Crippen molar-refractivity contribution in [2.45, 2.75) is 30.7 Å². The summed E-state index contributed by atoms with van der Waals surface area (Å²) in [4.78, 5) is 26.7. The van der Waals surface area contributed by atoms with Crippen LogP contribution < -0.4 is 10.6 Å². The molecule has 10 heteroatoms. The topological polar surface area (TPSA) is 98.8 Å². The standard InChI is InChI=1S/C22H27ClN4O4S/c1-16(26(2)15-21(28)25-20-8-4-3-7-19(20)23)22(29)24-17-9-11-18(12-10-17)32(30,31)27-13-5-6-14-27/h3-4,7-12,16H,5-6,13-15H2,1-2H3,(H,24,29)(H,25,28). The van der Waals surface area contributed by atoms with Gasteiger partial charge in [0.1, 0.15) is 0 Å². The molecule has 1 unspecified atom stereocenters. The van der Waals surface area contributed by atoms with E-state index in [4.69, 9.17) is 11.6 Å². The van der Waals surface area contributed by atoms with E-state index >= 15 is 0 Å². The third-order valence-corrected chi connectivity index (χ3v) is 7.65. The molecule has 0 bridgehead atoms. The number of carbonyl (C=O) groups excluding carboxylic acids is 2. The van der Waals surface area contributed by atoms with E-state index in [1.807, 2.05) is 0 Å². The molecule has 0 aromatic heterocycles. The number of sulfonamides is 1. The van der Waals surface area contributed by atoms with Gasteiger partial charge in [-0.15, -0.1) is 0 Å². The van der Waals surface area contributed by atoms with Crippen LogP contribution in [0, 0.1) is 0 Å². The number of hydrogen-bond donors (Lipinski definition) is 2. The van der Waals surface area contributed by atoms with Crippen molar-refractivity contribution in [1.82, 2.24) is 9.21 Å². The van der Waals surface area contributed by atoms with E-state index in [9.17, 15) is 18.0 Å². The molecule has 1 fully saturated rings. The van der Waals surface area contributed by atoms with Gasteiger partial charge in [0, 0.05) is 18.8 Å². The summed E-state index contributed by atoms with van der Waals surface area (Å²) < 4.78 is 26.7. The summed E-state index contributed by atoms with van der Waals surface area (Å²) in [7, 11) is -1.83. The summed E-state index contributed by atoms with van der Waals surface area (Å²) in [6.07, 6.45) is 1.74. The minimum absolute atomic E-state index is 0.00712. The molecule has 2 N–H and O–H groups in total. The first-order valence-electron chi connectivity index (χ1n) is 10.3. The van der Waals surface area contributed by atoms with Crippen LogP contribution in [0.4, 0.5) is 11.4 Å². The van der Waals surface area contributed by atoms with Crippen molar-refractivity contribution in [1.29, 1.82) is 0 Å². The van der Waals surface area contributed by atoms with E-state index in [-0.39, 0.29) is 23.3 Å². The van der Waals surface area contributed by atoms with Crippen molar-refractivity contribution in [3.05, 3.63) is 53.6 Å². The zero-order chi connectivity index (χ0) is 23.3. The second kappa shape index (κ2) is 10.4. The summed E-state index contributed by atoms with van der Waals surface area (Å²) in [5, 5.41) is 5.92. The second-order valence-corrected chi connectivity index (χ2v) is 10.1. The molecule has 0 saturated carbocycles. The number of rotatable bonds is 8. The lowest BCUT2D eigenvalue weighted by Gasteiger charge is -2.23. The van der Waals surface area contributed by atoms with E-state index in [1.54, 1.807) is 55.3 Å². The Balaban J connectivity index is 1.55. The zero-order valence-electron chi connectivity index (χ0n) is 18.0. The van der Waals surface area contributed by atoms with Crippen LogP contribution in [0.25, 0.3) is 0 Å². The van der Waals surface area contributed by atoms with Crippen LogP contribution >= 0.6 is 11.6 Å². The molecule has 2 aromatic rings. The number of para-hydroxylation sites is 1. The fraction of sp³-hybridized carbons (Fsp3) is 0.364. The second-order valence-electron chi connectivity index (χ2n) is 7.74. The number of halogens is 1. The van der Waals surface area contributed by atoms with Gasteiger partial charge in [0.15, 0.2) is 0 Å². The zero-order valence-corrected chi connectivity index (χ0v) is 19.6. The third-order valence-electron chi connectivity index (χ3n) is 5.41. The first kappa shape index (κ1) is 24.2. The quantitative estimate of drug-likeness (QED) is 0.607. The van der Waals surface area contributed by atoms with Gasteiger partial charge in [0.2, 0.25) is 21.8 Å². The average Bonchev–Trinajstić information content (AvgIpc) is 3.31. The lowest BCUT2D eigenvalue weighted by atomic mass is 10.2. The Morgan fingerprint density at radius 2 is 1.69 bits per heavy atom. The lowest BCUT2D eigenvalue weighted by Crippen LogP contribution is -2.43. The number of anilines is 2. The van der Waals surface area contributed by atoms with Gasteiger partial charge in [-0.25, -0.2) is 8.42 Å². The minimum Gasteiger partial charge on any atom is -0.325 e. The van der Waals surface area contributed by atoms with Gasteiger partial charge in [-0.3, -0.25) is 14.5 Å². The summed E-state index contributed by atoms with van der Waals surface area (Å²) in [5.74, 6) is -0.607. The molecular formula is C22H27ClN4O4S. The van der Waals surface area contributed by atoms with Crippen molar-refractivity contribution >= 4 is 44.8 Å². The summed E-state index contributed by atoms with van der Waals surface area (Å²) in [5.41, 5.74) is 0.991. The van der Waals surface area contributed by atoms with Crippen LogP contribution in [0.5, 0.6) is 0 Å². The molecule has 1 heterocycles. The smallest absolute Gasteiger partial charge is 0.243 e. The maximum Gasteiger partial charge on any atom is 0.243 e.